The molecule has 98 heavy (non-hydrogen) atoms. The standard InChI is InChI=1S/C69H110ClF3N12O13/c1-11-43(2)58-65(95)79(6)41-56(88)77(4)42-57(89)81(8)52(38-45-21-14-12-15-22-45)63(93)78(5)40-54(86)74-50(29-27-46-26-28-48(49(70)37-46)69(71,72)73)62(92)85-32-20-25-51(85)61(91)76-68(30-18-19-31-68)67(97)83(10)59(47-23-16-13-17-24-47)66(96)82(9)53(64(94)84-33-35-98-36-34-84)39-55(87)80(7)44(3)60(90)75-58/h43-53,58-59H,11-42H2,1-10H3,(H,74,86)(H,75,90)(H,76,91)/t43-,44-,46?,48?,49?,50-,51-,52-,53-,58-,59-/m0/s1. The largest absolute Gasteiger partial charge is 0.393 e. The van der Waals surface area contributed by atoms with Gasteiger partial charge in [-0.3, -0.25) is 57.5 Å². The Hall–Kier alpha value is -6.32. The van der Waals surface area contributed by atoms with Crippen LogP contribution in [0, 0.1) is 29.6 Å². The molecule has 552 valence electrons. The van der Waals surface area contributed by atoms with Gasteiger partial charge in [0.1, 0.15) is 47.8 Å². The van der Waals surface area contributed by atoms with E-state index in [1.54, 1.807) is 6.92 Å². The van der Waals surface area contributed by atoms with E-state index in [9.17, 15) is 51.5 Å². The SMILES string of the molecule is CC[C@H](C)[C@@H]1NC(=O)[C@H](C)N(C)C(=O)C[C@@H](C(=O)N2CCOCC2)N(C)C(=O)[C@H](C2CCCCC2)N(C)C(=O)C2(CCCC2)NC(=O)[C@@H]2CCCN2C(=O)[C@H](CCC2CCC(C(F)(F)F)C(Cl)C2)NC(=O)CN(C)C(=O)[C@H](CC2CCCCC2)N(C)C(=O)CN(C)C(=O)CN(C)C1=O. The van der Waals surface area contributed by atoms with E-state index in [1.807, 2.05) is 6.92 Å². The molecule has 0 aromatic heterocycles. The molecule has 3 aliphatic heterocycles. The number of likely N-dealkylation sites (N-methyl/N-ethyl adjacent to an activating group) is 7. The van der Waals surface area contributed by atoms with Crippen LogP contribution in [0.4, 0.5) is 13.2 Å². The number of alkyl halides is 4. The number of carbonyl (C=O) groups is 12. The highest BCUT2D eigenvalue weighted by Gasteiger charge is 2.52. The molecular weight excluding hydrogens is 1300 g/mol. The quantitative estimate of drug-likeness (QED) is 0.272. The van der Waals surface area contributed by atoms with Gasteiger partial charge in [0.15, 0.2) is 0 Å². The predicted octanol–water partition coefficient (Wildman–Crippen LogP) is 4.30. The molecule has 7 aliphatic rings. The Morgan fingerprint density at radius 2 is 1.23 bits per heavy atom. The number of ether oxygens (including phenoxy) is 1. The predicted molar refractivity (Wildman–Crippen MR) is 358 cm³/mol. The fourth-order valence-corrected chi connectivity index (χ4v) is 16.4. The summed E-state index contributed by atoms with van der Waals surface area (Å²) in [5, 5.41) is 7.49. The molecule has 0 aromatic carbocycles. The van der Waals surface area contributed by atoms with Gasteiger partial charge in [-0.05, 0) is 108 Å². The van der Waals surface area contributed by atoms with E-state index in [4.69, 9.17) is 16.3 Å². The van der Waals surface area contributed by atoms with Crippen LogP contribution in [-0.2, 0) is 62.3 Å². The number of nitrogens with zero attached hydrogens (tertiary/aromatic N) is 9. The molecule has 3 unspecified atom stereocenters. The van der Waals surface area contributed by atoms with Crippen LogP contribution in [0.3, 0.4) is 0 Å². The van der Waals surface area contributed by atoms with E-state index in [0.29, 0.717) is 38.5 Å². The molecule has 0 aromatic rings. The van der Waals surface area contributed by atoms with Gasteiger partial charge in [-0.25, -0.2) is 0 Å². The third kappa shape index (κ3) is 19.6. The van der Waals surface area contributed by atoms with Crippen LogP contribution in [0.5, 0.6) is 0 Å². The zero-order chi connectivity index (χ0) is 72.1. The van der Waals surface area contributed by atoms with Gasteiger partial charge in [-0.1, -0.05) is 84.5 Å². The highest BCUT2D eigenvalue weighted by molar-refractivity contribution is 6.21. The van der Waals surface area contributed by atoms with Crippen LogP contribution in [-0.4, -0.2) is 276 Å². The molecule has 0 bridgehead atoms. The first-order valence-electron chi connectivity index (χ1n) is 35.9. The lowest BCUT2D eigenvalue weighted by Crippen LogP contribution is -2.65. The van der Waals surface area contributed by atoms with Crippen molar-refractivity contribution >= 4 is 82.5 Å². The fraction of sp³-hybridized carbons (Fsp3) is 0.826. The van der Waals surface area contributed by atoms with Gasteiger partial charge in [0.2, 0.25) is 70.9 Å². The molecule has 4 saturated carbocycles. The van der Waals surface area contributed by atoms with Crippen molar-refractivity contribution in [3.8, 4) is 0 Å². The first kappa shape index (κ1) is 79.0. The van der Waals surface area contributed by atoms with Crippen molar-refractivity contribution in [1.82, 2.24) is 60.0 Å². The molecule has 3 saturated heterocycles. The van der Waals surface area contributed by atoms with E-state index in [2.05, 4.69) is 16.0 Å². The summed E-state index contributed by atoms with van der Waals surface area (Å²) in [5.41, 5.74) is -1.56. The molecular formula is C69H110ClF3N12O13. The first-order valence-corrected chi connectivity index (χ1v) is 36.3. The van der Waals surface area contributed by atoms with Crippen LogP contribution >= 0.6 is 11.6 Å². The number of carbonyl (C=O) groups excluding carboxylic acids is 12. The van der Waals surface area contributed by atoms with Gasteiger partial charge < -0.3 is 64.8 Å². The van der Waals surface area contributed by atoms with Gasteiger partial charge >= 0.3 is 6.18 Å². The average molecular weight is 1410 g/mol. The summed E-state index contributed by atoms with van der Waals surface area (Å²) in [4.78, 5) is 189. The van der Waals surface area contributed by atoms with Crippen molar-refractivity contribution in [2.24, 2.45) is 29.6 Å². The summed E-state index contributed by atoms with van der Waals surface area (Å²) in [6, 6.07) is -8.66. The molecule has 7 rings (SSSR count). The maximum Gasteiger partial charge on any atom is 0.393 e. The second-order valence-corrected chi connectivity index (χ2v) is 29.9. The normalized spacial score (nSPS) is 30.4. The lowest BCUT2D eigenvalue weighted by molar-refractivity contribution is -0.182. The third-order valence-electron chi connectivity index (χ3n) is 22.6. The zero-order valence-electron chi connectivity index (χ0n) is 59.5. The molecule has 12 amide bonds. The Bertz CT molecular complexity index is 2850. The third-order valence-corrected chi connectivity index (χ3v) is 23.1. The lowest BCUT2D eigenvalue weighted by Gasteiger charge is -2.43. The van der Waals surface area contributed by atoms with Crippen LogP contribution in [0.2, 0.25) is 0 Å². The highest BCUT2D eigenvalue weighted by Crippen LogP contribution is 2.44. The van der Waals surface area contributed by atoms with E-state index in [1.165, 1.54) is 80.8 Å². The Labute approximate surface area is 581 Å². The Morgan fingerprint density at radius 3 is 1.85 bits per heavy atom. The van der Waals surface area contributed by atoms with Crippen LogP contribution in [0.25, 0.3) is 0 Å². The number of amides is 12. The monoisotopic (exact) mass is 1410 g/mol. The molecule has 25 nitrogen and oxygen atoms in total. The van der Waals surface area contributed by atoms with Crippen molar-refractivity contribution < 1.29 is 75.4 Å². The number of rotatable bonds is 9. The average Bonchev–Trinajstić information content (AvgIpc) is 1.27. The molecule has 3 heterocycles. The topological polar surface area (TPSA) is 279 Å². The zero-order valence-corrected chi connectivity index (χ0v) is 60.2. The maximum absolute atomic E-state index is 15.7. The first-order chi connectivity index (χ1) is 46.3. The summed E-state index contributed by atoms with van der Waals surface area (Å²) in [5.74, 6) is -10.7. The highest BCUT2D eigenvalue weighted by atomic mass is 35.5. The summed E-state index contributed by atoms with van der Waals surface area (Å²) >= 11 is 6.40. The summed E-state index contributed by atoms with van der Waals surface area (Å²) < 4.78 is 47.6. The van der Waals surface area contributed by atoms with Crippen molar-refractivity contribution in [3.63, 3.8) is 0 Å². The van der Waals surface area contributed by atoms with Crippen LogP contribution < -0.4 is 16.0 Å². The minimum atomic E-state index is -4.51. The van der Waals surface area contributed by atoms with E-state index < -0.39 is 174 Å². The molecule has 4 aliphatic carbocycles. The minimum absolute atomic E-state index is 0.000631. The van der Waals surface area contributed by atoms with Crippen molar-refractivity contribution in [1.29, 1.82) is 0 Å². The number of morpholine rings is 1. The second kappa shape index (κ2) is 35.3. The fourth-order valence-electron chi connectivity index (χ4n) is 15.8. The molecule has 0 radical (unpaired) electrons. The number of hydrogen-bond acceptors (Lipinski definition) is 13. The van der Waals surface area contributed by atoms with E-state index in [0.717, 1.165) is 71.0 Å². The Kier molecular flexibility index (Phi) is 28.5. The van der Waals surface area contributed by atoms with Gasteiger partial charge in [-0.15, -0.1) is 11.6 Å². The van der Waals surface area contributed by atoms with Crippen molar-refractivity contribution in [2.45, 2.75) is 234 Å². The summed E-state index contributed by atoms with van der Waals surface area (Å²) in [6.45, 7) is 4.17. The molecule has 11 atom stereocenters. The van der Waals surface area contributed by atoms with E-state index in [-0.39, 0.29) is 102 Å². The molecule has 1 spiro atoms. The van der Waals surface area contributed by atoms with Crippen molar-refractivity contribution in [3.05, 3.63) is 0 Å². The Balaban J connectivity index is 1.25. The van der Waals surface area contributed by atoms with Gasteiger partial charge in [0.25, 0.3) is 0 Å². The van der Waals surface area contributed by atoms with Crippen molar-refractivity contribution in [2.75, 3.05) is 102 Å². The summed E-state index contributed by atoms with van der Waals surface area (Å²) in [6.07, 6.45) is 5.36. The van der Waals surface area contributed by atoms with Crippen LogP contribution in [0.15, 0.2) is 0 Å². The van der Waals surface area contributed by atoms with Gasteiger partial charge in [-0.2, -0.15) is 13.2 Å². The number of halogens is 4. The summed E-state index contributed by atoms with van der Waals surface area (Å²) in [7, 11) is 9.91. The lowest BCUT2D eigenvalue weighted by atomic mass is 9.78. The van der Waals surface area contributed by atoms with Gasteiger partial charge in [0.05, 0.1) is 45.2 Å². The number of fused-ring (bicyclic) bond motifs is 1. The van der Waals surface area contributed by atoms with Gasteiger partial charge in [0, 0.05) is 74.3 Å². The Morgan fingerprint density at radius 1 is 0.622 bits per heavy atom. The second-order valence-electron chi connectivity index (χ2n) is 29.3. The molecule has 29 heteroatoms. The smallest absolute Gasteiger partial charge is 0.378 e. The molecule has 3 N–H and O–H groups in total. The molecule has 7 fully saturated rings. The maximum atomic E-state index is 15.7. The van der Waals surface area contributed by atoms with E-state index >= 15 is 19.2 Å². The minimum Gasteiger partial charge on any atom is -0.378 e. The number of hydrogen-bond donors (Lipinski definition) is 3. The number of nitrogens with one attached hydrogen (secondary N) is 3. The van der Waals surface area contributed by atoms with Crippen LogP contribution in [0.1, 0.15) is 175 Å².